The fraction of sp³-hybridized carbons (Fsp3) is 0.0667. The molecule has 3 rings (SSSR count). The van der Waals surface area contributed by atoms with Gasteiger partial charge in [-0.05, 0) is 30.7 Å². The lowest BCUT2D eigenvalue weighted by atomic mass is 10.2. The minimum absolute atomic E-state index is 0.0194. The number of para-hydroxylation sites is 1. The van der Waals surface area contributed by atoms with E-state index < -0.39 is 17.5 Å². The van der Waals surface area contributed by atoms with Gasteiger partial charge >= 0.3 is 0 Å². The zero-order valence-electron chi connectivity index (χ0n) is 11.0. The second-order valence-corrected chi connectivity index (χ2v) is 4.56. The summed E-state index contributed by atoms with van der Waals surface area (Å²) in [4.78, 5) is 12.1. The first-order valence-corrected chi connectivity index (χ1v) is 6.17. The number of aromatic nitrogens is 1. The van der Waals surface area contributed by atoms with Crippen LogP contribution in [0, 0.1) is 18.6 Å². The summed E-state index contributed by atoms with van der Waals surface area (Å²) < 4.78 is 32.2. The van der Waals surface area contributed by atoms with Crippen LogP contribution in [0.1, 0.15) is 16.1 Å². The summed E-state index contributed by atoms with van der Waals surface area (Å²) in [5.41, 5.74) is 0.386. The van der Waals surface area contributed by atoms with E-state index >= 15 is 0 Å². The molecule has 0 bridgehead atoms. The molecule has 0 spiro atoms. The number of nitrogens with one attached hydrogen (secondary N) is 1. The van der Waals surface area contributed by atoms with Crippen LogP contribution >= 0.6 is 0 Å². The Morgan fingerprint density at radius 2 is 1.95 bits per heavy atom. The van der Waals surface area contributed by atoms with Crippen LogP contribution in [0.3, 0.4) is 0 Å². The number of rotatable bonds is 2. The number of nitrogens with zero attached hydrogens (tertiary/aromatic N) is 1. The Balaban J connectivity index is 1.95. The largest absolute Gasteiger partial charge is 0.355 e. The van der Waals surface area contributed by atoms with Crippen LogP contribution in [-0.2, 0) is 0 Å². The maximum atomic E-state index is 13.7. The van der Waals surface area contributed by atoms with Crippen LogP contribution in [0.4, 0.5) is 14.5 Å². The van der Waals surface area contributed by atoms with E-state index in [-0.39, 0.29) is 16.9 Å². The summed E-state index contributed by atoms with van der Waals surface area (Å²) in [7, 11) is 0. The van der Waals surface area contributed by atoms with Crippen molar-refractivity contribution in [3.63, 3.8) is 0 Å². The molecule has 0 saturated heterocycles. The normalized spacial score (nSPS) is 10.8. The molecule has 2 aromatic carbocycles. The SMILES string of the molecule is Cc1cc(F)c(NC(=O)c2noc3ccccc23)cc1F. The summed E-state index contributed by atoms with van der Waals surface area (Å²) in [6.45, 7) is 1.44. The van der Waals surface area contributed by atoms with E-state index in [1.165, 1.54) is 6.92 Å². The maximum Gasteiger partial charge on any atom is 0.278 e. The highest BCUT2D eigenvalue weighted by Crippen LogP contribution is 2.22. The van der Waals surface area contributed by atoms with Gasteiger partial charge in [0.15, 0.2) is 11.3 Å². The predicted octanol–water partition coefficient (Wildman–Crippen LogP) is 3.67. The summed E-state index contributed by atoms with van der Waals surface area (Å²) in [5.74, 6) is -1.98. The number of halogens is 2. The van der Waals surface area contributed by atoms with Crippen molar-refractivity contribution < 1.29 is 18.1 Å². The number of amides is 1. The first kappa shape index (κ1) is 13.2. The fourth-order valence-electron chi connectivity index (χ4n) is 1.97. The molecular formula is C15H10F2N2O2. The van der Waals surface area contributed by atoms with E-state index in [4.69, 9.17) is 4.52 Å². The van der Waals surface area contributed by atoms with Gasteiger partial charge in [0.1, 0.15) is 11.6 Å². The minimum atomic E-state index is -0.713. The van der Waals surface area contributed by atoms with Crippen LogP contribution < -0.4 is 5.32 Å². The Morgan fingerprint density at radius 1 is 1.19 bits per heavy atom. The van der Waals surface area contributed by atoms with E-state index in [1.54, 1.807) is 24.3 Å². The van der Waals surface area contributed by atoms with Crippen molar-refractivity contribution in [2.45, 2.75) is 6.92 Å². The lowest BCUT2D eigenvalue weighted by Gasteiger charge is -2.06. The smallest absolute Gasteiger partial charge is 0.278 e. The molecule has 0 atom stereocenters. The number of aryl methyl sites for hydroxylation is 1. The van der Waals surface area contributed by atoms with Gasteiger partial charge in [-0.3, -0.25) is 4.79 Å². The number of hydrogen-bond donors (Lipinski definition) is 1. The number of benzene rings is 2. The average Bonchev–Trinajstić information content (AvgIpc) is 2.88. The molecule has 1 aromatic heterocycles. The van der Waals surface area contributed by atoms with E-state index in [0.29, 0.717) is 11.0 Å². The Bertz CT molecular complexity index is 843. The zero-order valence-corrected chi connectivity index (χ0v) is 11.0. The van der Waals surface area contributed by atoms with Crippen LogP contribution in [0.15, 0.2) is 40.9 Å². The summed E-state index contributed by atoms with van der Waals surface area (Å²) in [6.07, 6.45) is 0. The molecule has 0 aliphatic rings. The van der Waals surface area contributed by atoms with Crippen molar-refractivity contribution in [1.29, 1.82) is 0 Å². The number of anilines is 1. The van der Waals surface area contributed by atoms with Gasteiger partial charge in [0.2, 0.25) is 0 Å². The standard InChI is InChI=1S/C15H10F2N2O2/c1-8-6-11(17)12(7-10(8)16)18-15(20)14-9-4-2-3-5-13(9)21-19-14/h2-7H,1H3,(H,18,20). The second kappa shape index (κ2) is 4.97. The van der Waals surface area contributed by atoms with Gasteiger partial charge in [-0.25, -0.2) is 8.78 Å². The molecule has 0 unspecified atom stereocenters. The van der Waals surface area contributed by atoms with E-state index in [9.17, 15) is 13.6 Å². The number of hydrogen-bond acceptors (Lipinski definition) is 3. The van der Waals surface area contributed by atoms with Gasteiger partial charge in [-0.1, -0.05) is 17.3 Å². The molecule has 106 valence electrons. The number of carbonyl (C=O) groups is 1. The molecule has 6 heteroatoms. The Kier molecular flexibility index (Phi) is 3.13. The zero-order chi connectivity index (χ0) is 15.0. The fourth-order valence-corrected chi connectivity index (χ4v) is 1.97. The molecule has 0 fully saturated rings. The van der Waals surface area contributed by atoms with Crippen LogP contribution in [0.25, 0.3) is 11.0 Å². The van der Waals surface area contributed by atoms with Gasteiger partial charge in [0.05, 0.1) is 11.1 Å². The molecule has 4 nitrogen and oxygen atoms in total. The topological polar surface area (TPSA) is 55.1 Å². The Hall–Kier alpha value is -2.76. The molecule has 3 aromatic rings. The molecule has 1 N–H and O–H groups in total. The summed E-state index contributed by atoms with van der Waals surface area (Å²) in [5, 5.41) is 6.46. The van der Waals surface area contributed by atoms with Gasteiger partial charge in [0, 0.05) is 6.07 Å². The molecule has 0 aliphatic carbocycles. The average molecular weight is 288 g/mol. The van der Waals surface area contributed by atoms with E-state index in [0.717, 1.165) is 12.1 Å². The monoisotopic (exact) mass is 288 g/mol. The molecule has 1 heterocycles. The molecule has 1 amide bonds. The molecule has 21 heavy (non-hydrogen) atoms. The summed E-state index contributed by atoms with van der Waals surface area (Å²) >= 11 is 0. The van der Waals surface area contributed by atoms with Crippen molar-refractivity contribution in [2.24, 2.45) is 0 Å². The highest BCUT2D eigenvalue weighted by Gasteiger charge is 2.18. The molecule has 0 radical (unpaired) electrons. The summed E-state index contributed by atoms with van der Waals surface area (Å²) in [6, 6.07) is 8.74. The third kappa shape index (κ3) is 2.35. The van der Waals surface area contributed by atoms with E-state index in [1.807, 2.05) is 0 Å². The third-order valence-corrected chi connectivity index (χ3v) is 3.09. The molecule has 0 saturated carbocycles. The maximum absolute atomic E-state index is 13.7. The number of fused-ring (bicyclic) bond motifs is 1. The van der Waals surface area contributed by atoms with Gasteiger partial charge in [0.25, 0.3) is 5.91 Å². The van der Waals surface area contributed by atoms with Crippen molar-refractivity contribution >= 4 is 22.6 Å². The second-order valence-electron chi connectivity index (χ2n) is 4.56. The first-order chi connectivity index (χ1) is 10.1. The van der Waals surface area contributed by atoms with Crippen molar-refractivity contribution in [3.8, 4) is 0 Å². The van der Waals surface area contributed by atoms with Gasteiger partial charge < -0.3 is 9.84 Å². The van der Waals surface area contributed by atoms with Crippen LogP contribution in [0.2, 0.25) is 0 Å². The highest BCUT2D eigenvalue weighted by molar-refractivity contribution is 6.10. The molecular weight excluding hydrogens is 278 g/mol. The van der Waals surface area contributed by atoms with Crippen molar-refractivity contribution in [2.75, 3.05) is 5.32 Å². The van der Waals surface area contributed by atoms with E-state index in [2.05, 4.69) is 10.5 Å². The lowest BCUT2D eigenvalue weighted by Crippen LogP contribution is -2.14. The van der Waals surface area contributed by atoms with Crippen molar-refractivity contribution in [3.05, 3.63) is 59.3 Å². The first-order valence-electron chi connectivity index (χ1n) is 6.17. The van der Waals surface area contributed by atoms with Gasteiger partial charge in [-0.15, -0.1) is 0 Å². The third-order valence-electron chi connectivity index (χ3n) is 3.09. The van der Waals surface area contributed by atoms with Gasteiger partial charge in [-0.2, -0.15) is 0 Å². The van der Waals surface area contributed by atoms with Crippen LogP contribution in [-0.4, -0.2) is 11.1 Å². The quantitative estimate of drug-likeness (QED) is 0.782. The van der Waals surface area contributed by atoms with Crippen molar-refractivity contribution in [1.82, 2.24) is 5.16 Å². The Labute approximate surface area is 118 Å². The molecule has 0 aliphatic heterocycles. The number of carbonyl (C=O) groups excluding carboxylic acids is 1. The minimum Gasteiger partial charge on any atom is -0.355 e. The lowest BCUT2D eigenvalue weighted by molar-refractivity contribution is 0.101. The highest BCUT2D eigenvalue weighted by atomic mass is 19.1. The van der Waals surface area contributed by atoms with Crippen LogP contribution in [0.5, 0.6) is 0 Å². The predicted molar refractivity (Wildman–Crippen MR) is 73.1 cm³/mol. The Morgan fingerprint density at radius 3 is 2.76 bits per heavy atom.